The fourth-order valence-corrected chi connectivity index (χ4v) is 0.874. The summed E-state index contributed by atoms with van der Waals surface area (Å²) in [4.78, 5) is 10.8. The summed E-state index contributed by atoms with van der Waals surface area (Å²) >= 11 is 0. The van der Waals surface area contributed by atoms with Gasteiger partial charge in [0.05, 0.1) is 6.10 Å². The molecule has 5 nitrogen and oxygen atoms in total. The highest BCUT2D eigenvalue weighted by atomic mass is 16.6. The van der Waals surface area contributed by atoms with Crippen LogP contribution in [-0.2, 0) is 9.53 Å². The zero-order valence-corrected chi connectivity index (χ0v) is 8.35. The second-order valence-electron chi connectivity index (χ2n) is 3.18. The Morgan fingerprint density at radius 2 is 2.00 bits per heavy atom. The lowest BCUT2D eigenvalue weighted by Crippen LogP contribution is -2.24. The summed E-state index contributed by atoms with van der Waals surface area (Å²) in [6, 6.07) is 0. The lowest BCUT2D eigenvalue weighted by atomic mass is 10.2. The maximum atomic E-state index is 10.8. The van der Waals surface area contributed by atoms with E-state index in [2.05, 4.69) is 4.74 Å². The second kappa shape index (κ2) is 7.73. The molecule has 0 aliphatic heterocycles. The summed E-state index contributed by atoms with van der Waals surface area (Å²) in [5.74, 6) is -0.730. The number of hydrogen-bond donors (Lipinski definition) is 3. The number of carbonyl (C=O) groups excluding carboxylic acids is 1. The minimum absolute atomic E-state index is 0.0974. The first-order chi connectivity index (χ1) is 6.57. The van der Waals surface area contributed by atoms with Gasteiger partial charge in [0.2, 0.25) is 0 Å². The molecule has 0 saturated heterocycles. The average Bonchev–Trinajstić information content (AvgIpc) is 2.14. The fourth-order valence-electron chi connectivity index (χ4n) is 0.874. The third-order valence-electron chi connectivity index (χ3n) is 1.70. The van der Waals surface area contributed by atoms with E-state index < -0.39 is 18.2 Å². The SMILES string of the molecule is CC(O)C(=O)OCC(O)CCCCO. The summed E-state index contributed by atoms with van der Waals surface area (Å²) < 4.78 is 4.59. The topological polar surface area (TPSA) is 87.0 Å². The molecular weight excluding hydrogens is 188 g/mol. The first-order valence-corrected chi connectivity index (χ1v) is 4.71. The van der Waals surface area contributed by atoms with Crippen molar-refractivity contribution < 1.29 is 24.9 Å². The van der Waals surface area contributed by atoms with E-state index in [1.807, 2.05) is 0 Å². The molecule has 0 aliphatic rings. The third-order valence-corrected chi connectivity index (χ3v) is 1.70. The van der Waals surface area contributed by atoms with Gasteiger partial charge in [0, 0.05) is 6.61 Å². The number of aliphatic hydroxyl groups excluding tert-OH is 3. The van der Waals surface area contributed by atoms with Crippen LogP contribution in [0.25, 0.3) is 0 Å². The molecule has 3 N–H and O–H groups in total. The largest absolute Gasteiger partial charge is 0.461 e. The highest BCUT2D eigenvalue weighted by Crippen LogP contribution is 2.01. The summed E-state index contributed by atoms with van der Waals surface area (Å²) in [6.45, 7) is 1.30. The molecule has 14 heavy (non-hydrogen) atoms. The normalized spacial score (nSPS) is 14.9. The Kier molecular flexibility index (Phi) is 7.37. The molecule has 0 spiro atoms. The smallest absolute Gasteiger partial charge is 0.334 e. The summed E-state index contributed by atoms with van der Waals surface area (Å²) in [6.07, 6.45) is -0.0808. The van der Waals surface area contributed by atoms with Crippen LogP contribution in [0.1, 0.15) is 26.2 Å². The van der Waals surface area contributed by atoms with Crippen molar-refractivity contribution in [2.75, 3.05) is 13.2 Å². The standard InChI is InChI=1S/C9H18O5/c1-7(11)9(13)14-6-8(12)4-2-3-5-10/h7-8,10-12H,2-6H2,1H3. The minimum atomic E-state index is -1.15. The van der Waals surface area contributed by atoms with Crippen molar-refractivity contribution >= 4 is 5.97 Å². The number of aliphatic hydroxyl groups is 3. The van der Waals surface area contributed by atoms with E-state index in [9.17, 15) is 9.90 Å². The monoisotopic (exact) mass is 206 g/mol. The van der Waals surface area contributed by atoms with E-state index in [0.717, 1.165) is 0 Å². The summed E-state index contributed by atoms with van der Waals surface area (Å²) in [5, 5.41) is 26.5. The van der Waals surface area contributed by atoms with Crippen molar-refractivity contribution in [2.45, 2.75) is 38.4 Å². The van der Waals surface area contributed by atoms with Gasteiger partial charge in [0.1, 0.15) is 12.7 Å². The molecule has 0 aromatic rings. The molecule has 0 amide bonds. The van der Waals surface area contributed by atoms with Crippen molar-refractivity contribution in [3.63, 3.8) is 0 Å². The van der Waals surface area contributed by atoms with Crippen LogP contribution in [-0.4, -0.2) is 46.7 Å². The van der Waals surface area contributed by atoms with Gasteiger partial charge < -0.3 is 20.1 Å². The van der Waals surface area contributed by atoms with Crippen LogP contribution in [0.3, 0.4) is 0 Å². The summed E-state index contributed by atoms with van der Waals surface area (Å²) in [5.41, 5.74) is 0. The van der Waals surface area contributed by atoms with Crippen molar-refractivity contribution in [3.8, 4) is 0 Å². The Hall–Kier alpha value is -0.650. The number of rotatable bonds is 7. The minimum Gasteiger partial charge on any atom is -0.461 e. The van der Waals surface area contributed by atoms with Gasteiger partial charge in [-0.3, -0.25) is 0 Å². The van der Waals surface area contributed by atoms with E-state index in [0.29, 0.717) is 19.3 Å². The van der Waals surface area contributed by atoms with Crippen molar-refractivity contribution in [1.82, 2.24) is 0 Å². The zero-order valence-electron chi connectivity index (χ0n) is 8.35. The Bertz CT molecular complexity index is 157. The van der Waals surface area contributed by atoms with Crippen LogP contribution < -0.4 is 0 Å². The van der Waals surface area contributed by atoms with Gasteiger partial charge in [0.25, 0.3) is 0 Å². The highest BCUT2D eigenvalue weighted by molar-refractivity contribution is 5.73. The van der Waals surface area contributed by atoms with Gasteiger partial charge >= 0.3 is 5.97 Å². The van der Waals surface area contributed by atoms with Gasteiger partial charge in [-0.05, 0) is 26.2 Å². The second-order valence-corrected chi connectivity index (χ2v) is 3.18. The van der Waals surface area contributed by atoms with Gasteiger partial charge in [-0.1, -0.05) is 0 Å². The number of esters is 1. The third kappa shape index (κ3) is 6.82. The van der Waals surface area contributed by atoms with E-state index in [4.69, 9.17) is 10.2 Å². The predicted octanol–water partition coefficient (Wildman–Crippen LogP) is -0.566. The molecule has 0 bridgehead atoms. The highest BCUT2D eigenvalue weighted by Gasteiger charge is 2.12. The molecule has 0 aromatic heterocycles. The Morgan fingerprint density at radius 3 is 2.50 bits per heavy atom. The molecule has 2 atom stereocenters. The maximum Gasteiger partial charge on any atom is 0.334 e. The lowest BCUT2D eigenvalue weighted by molar-refractivity contribution is -0.155. The molecular formula is C9H18O5. The number of ether oxygens (including phenoxy) is 1. The molecule has 0 radical (unpaired) electrons. The molecule has 0 saturated carbocycles. The molecule has 0 fully saturated rings. The van der Waals surface area contributed by atoms with Crippen molar-refractivity contribution in [1.29, 1.82) is 0 Å². The fraction of sp³-hybridized carbons (Fsp3) is 0.889. The van der Waals surface area contributed by atoms with Crippen LogP contribution >= 0.6 is 0 Å². The maximum absolute atomic E-state index is 10.8. The van der Waals surface area contributed by atoms with Gasteiger partial charge in [-0.25, -0.2) is 4.79 Å². The molecule has 84 valence electrons. The zero-order chi connectivity index (χ0) is 11.0. The molecule has 0 rings (SSSR count). The lowest BCUT2D eigenvalue weighted by Gasteiger charge is -2.11. The molecule has 0 aliphatic carbocycles. The van der Waals surface area contributed by atoms with Crippen LogP contribution in [0.5, 0.6) is 0 Å². The van der Waals surface area contributed by atoms with E-state index in [-0.39, 0.29) is 13.2 Å². The number of unbranched alkanes of at least 4 members (excludes halogenated alkanes) is 1. The average molecular weight is 206 g/mol. The van der Waals surface area contributed by atoms with Crippen LogP contribution in [0.15, 0.2) is 0 Å². The first kappa shape index (κ1) is 13.4. The Labute approximate surface area is 83.3 Å². The molecule has 0 heterocycles. The van der Waals surface area contributed by atoms with Crippen molar-refractivity contribution in [3.05, 3.63) is 0 Å². The van der Waals surface area contributed by atoms with Gasteiger partial charge in [-0.2, -0.15) is 0 Å². The van der Waals surface area contributed by atoms with E-state index in [1.54, 1.807) is 0 Å². The Morgan fingerprint density at radius 1 is 1.36 bits per heavy atom. The Balaban J connectivity index is 3.43. The van der Waals surface area contributed by atoms with Gasteiger partial charge in [0.15, 0.2) is 0 Å². The summed E-state index contributed by atoms with van der Waals surface area (Å²) in [7, 11) is 0. The van der Waals surface area contributed by atoms with Crippen LogP contribution in [0.2, 0.25) is 0 Å². The van der Waals surface area contributed by atoms with Crippen molar-refractivity contribution in [2.24, 2.45) is 0 Å². The first-order valence-electron chi connectivity index (χ1n) is 4.71. The quantitative estimate of drug-likeness (QED) is 0.384. The van der Waals surface area contributed by atoms with E-state index in [1.165, 1.54) is 6.92 Å². The van der Waals surface area contributed by atoms with E-state index >= 15 is 0 Å². The van der Waals surface area contributed by atoms with Crippen LogP contribution in [0, 0.1) is 0 Å². The van der Waals surface area contributed by atoms with Crippen LogP contribution in [0.4, 0.5) is 0 Å². The number of hydrogen-bond acceptors (Lipinski definition) is 5. The molecule has 5 heteroatoms. The predicted molar refractivity (Wildman–Crippen MR) is 49.6 cm³/mol. The van der Waals surface area contributed by atoms with Gasteiger partial charge in [-0.15, -0.1) is 0 Å². The molecule has 0 aromatic carbocycles. The number of carbonyl (C=O) groups is 1. The molecule has 2 unspecified atom stereocenters.